The highest BCUT2D eigenvalue weighted by atomic mass is 19.1. The third-order valence-electron chi connectivity index (χ3n) is 13.4. The predicted molar refractivity (Wildman–Crippen MR) is 277 cm³/mol. The first-order valence-electron chi connectivity index (χ1n) is 25.3. The molecule has 2 aliphatic rings. The number of carbonyl (C=O) groups excluding carboxylic acids is 9. The fourth-order valence-corrected chi connectivity index (χ4v) is 9.46. The van der Waals surface area contributed by atoms with Crippen LogP contribution in [-0.4, -0.2) is 131 Å². The van der Waals surface area contributed by atoms with Gasteiger partial charge in [-0.25, -0.2) is 4.39 Å². The van der Waals surface area contributed by atoms with Gasteiger partial charge in [0.15, 0.2) is 17.7 Å². The predicted octanol–water partition coefficient (Wildman–Crippen LogP) is -0.524. The number of guanidine groups is 2. The molecule has 2 saturated heterocycles. The molecule has 2 aromatic carbocycles. The summed E-state index contributed by atoms with van der Waals surface area (Å²) in [7, 11) is 0. The van der Waals surface area contributed by atoms with Gasteiger partial charge in [-0.2, -0.15) is 0 Å². The zero-order valence-corrected chi connectivity index (χ0v) is 42.2. The minimum absolute atomic E-state index is 0.0112. The number of ketones is 2. The number of aromatic nitrogens is 1. The van der Waals surface area contributed by atoms with Gasteiger partial charge in [-0.15, -0.1) is 0 Å². The number of Topliss-reactive ketones (excluding diaryl/α,β-unsaturated/α-hetero) is 2. The molecule has 406 valence electrons. The summed E-state index contributed by atoms with van der Waals surface area (Å²) in [6.07, 6.45) is 1.24. The van der Waals surface area contributed by atoms with Gasteiger partial charge in [-0.1, -0.05) is 36.4 Å². The maximum atomic E-state index is 15.4. The van der Waals surface area contributed by atoms with Crippen molar-refractivity contribution in [3.63, 3.8) is 0 Å². The van der Waals surface area contributed by atoms with Gasteiger partial charge < -0.3 is 65.1 Å². The number of nitrogens with one attached hydrogen (secondary N) is 6. The van der Waals surface area contributed by atoms with Crippen LogP contribution in [0.1, 0.15) is 95.1 Å². The van der Waals surface area contributed by atoms with Crippen molar-refractivity contribution in [3.05, 3.63) is 71.7 Å². The molecule has 7 amide bonds. The van der Waals surface area contributed by atoms with Crippen LogP contribution in [0.2, 0.25) is 0 Å². The van der Waals surface area contributed by atoms with Gasteiger partial charge in [-0.05, 0) is 87.5 Å². The number of H-pyrrole nitrogens is 1. The normalized spacial score (nSPS) is 22.2. The maximum Gasteiger partial charge on any atom is 0.245 e. The van der Waals surface area contributed by atoms with Crippen molar-refractivity contribution < 1.29 is 47.5 Å². The van der Waals surface area contributed by atoms with E-state index in [0.717, 1.165) is 10.9 Å². The number of nitrogens with zero attached hydrogens (tertiary/aromatic N) is 3. The molecule has 5 rings (SSSR count). The SMILES string of the molecule is CC(=O)N[C@@H](CCCN=C(N)N)C(=O)N[C@H]1CCC(=O)NCCC[C@@H](C(N)=O)NC(=O)[C@H](Cc2c[nH]c3ccccc23)CC(=O)[C@H](CCCN=C(N)N)CC(=O)[C@@H](Cc2ccccc2F)NC(=O)[C@@H]2CCCN2C1=O. The number of primary amides is 1. The molecular formula is C51H71FN14O9. The summed E-state index contributed by atoms with van der Waals surface area (Å²) in [6.45, 7) is 1.50. The lowest BCUT2D eigenvalue weighted by Gasteiger charge is -2.31. The van der Waals surface area contributed by atoms with E-state index in [2.05, 4.69) is 41.6 Å². The Morgan fingerprint density at radius 1 is 0.787 bits per heavy atom. The Bertz CT molecular complexity index is 2600. The first kappa shape index (κ1) is 58.0. The van der Waals surface area contributed by atoms with E-state index in [1.165, 1.54) is 30.0 Å². The molecule has 24 heteroatoms. The molecule has 2 fully saturated rings. The van der Waals surface area contributed by atoms with Crippen LogP contribution in [-0.2, 0) is 56.0 Å². The van der Waals surface area contributed by atoms with Gasteiger partial charge in [0.1, 0.15) is 35.8 Å². The second-order valence-electron chi connectivity index (χ2n) is 19.1. The Balaban J connectivity index is 1.53. The van der Waals surface area contributed by atoms with Crippen LogP contribution in [0.5, 0.6) is 0 Å². The molecule has 0 spiro atoms. The molecular weight excluding hydrogens is 972 g/mol. The van der Waals surface area contributed by atoms with E-state index in [1.807, 2.05) is 24.3 Å². The lowest BCUT2D eigenvalue weighted by molar-refractivity contribution is -0.142. The van der Waals surface area contributed by atoms with Gasteiger partial charge >= 0.3 is 0 Å². The molecule has 7 atom stereocenters. The summed E-state index contributed by atoms with van der Waals surface area (Å²) < 4.78 is 15.4. The second kappa shape index (κ2) is 28.5. The van der Waals surface area contributed by atoms with E-state index in [9.17, 15) is 43.2 Å². The van der Waals surface area contributed by atoms with Crippen LogP contribution in [0.3, 0.4) is 0 Å². The van der Waals surface area contributed by atoms with Crippen LogP contribution < -0.4 is 55.3 Å². The Kier molecular flexibility index (Phi) is 22.0. The van der Waals surface area contributed by atoms with Gasteiger partial charge in [-0.3, -0.25) is 53.1 Å². The Morgan fingerprint density at radius 3 is 2.19 bits per heavy atom. The number of aliphatic imine (C=N–C) groups is 2. The average Bonchev–Trinajstić information content (AvgIpc) is 4.03. The van der Waals surface area contributed by atoms with Crippen molar-refractivity contribution in [2.75, 3.05) is 26.2 Å². The number of para-hydroxylation sites is 1. The van der Waals surface area contributed by atoms with Crippen LogP contribution in [0.25, 0.3) is 10.9 Å². The molecule has 1 aromatic heterocycles. The largest absolute Gasteiger partial charge is 0.370 e. The van der Waals surface area contributed by atoms with Crippen molar-refractivity contribution in [2.45, 2.75) is 127 Å². The highest BCUT2D eigenvalue weighted by Gasteiger charge is 2.40. The lowest BCUT2D eigenvalue weighted by atomic mass is 9.83. The van der Waals surface area contributed by atoms with Crippen LogP contribution in [0, 0.1) is 17.7 Å². The standard InChI is InChI=1S/C51H71FN14O9/c1-29(67)62-38(16-8-22-60-51(56)57)47(73)64-39-18-19-44(70)58-20-7-15-37(45(53)71)63-46(72)32(24-33-28-61-36-14-5-3-12-34(33)36)27-42(68)31(11-6-21-59-50(54)55)26-43(69)40(25-30-10-2-4-13-35(30)52)65-48(74)41-17-9-23-66(41)49(39)75/h2-5,10,12-14,28,31-32,37-41,61H,6-9,11,15-27H2,1H3,(H2,53,71)(H,58,70)(H,62,67)(H,63,72)(H,64,73)(H,65,74)(H4,54,55,59)(H4,56,57,60)/t31-,32-,37+,38+,39+,40-,41+/m1/s1. The smallest absolute Gasteiger partial charge is 0.245 e. The number of hydrogen-bond donors (Lipinski definition) is 11. The summed E-state index contributed by atoms with van der Waals surface area (Å²) in [4.78, 5) is 138. The molecule has 0 aliphatic carbocycles. The monoisotopic (exact) mass is 1040 g/mol. The number of fused-ring (bicyclic) bond motifs is 2. The van der Waals surface area contributed by atoms with Gasteiger partial charge in [0.05, 0.1) is 6.04 Å². The molecule has 3 aromatic rings. The van der Waals surface area contributed by atoms with Crippen LogP contribution in [0.4, 0.5) is 4.39 Å². The summed E-state index contributed by atoms with van der Waals surface area (Å²) >= 11 is 0. The molecule has 75 heavy (non-hydrogen) atoms. The Labute approximate surface area is 433 Å². The molecule has 2 aliphatic heterocycles. The number of rotatable bonds is 16. The minimum Gasteiger partial charge on any atom is -0.370 e. The van der Waals surface area contributed by atoms with Crippen LogP contribution >= 0.6 is 0 Å². The lowest BCUT2D eigenvalue weighted by Crippen LogP contribution is -2.57. The fourth-order valence-electron chi connectivity index (χ4n) is 9.46. The molecule has 0 unspecified atom stereocenters. The Hall–Kier alpha value is -7.92. The van der Waals surface area contributed by atoms with Crippen molar-refractivity contribution in [1.82, 2.24) is 36.5 Å². The molecule has 0 bridgehead atoms. The van der Waals surface area contributed by atoms with Crippen molar-refractivity contribution in [3.8, 4) is 0 Å². The Morgan fingerprint density at radius 2 is 1.48 bits per heavy atom. The van der Waals surface area contributed by atoms with Gasteiger partial charge in [0.2, 0.25) is 41.4 Å². The molecule has 16 N–H and O–H groups in total. The number of hydrogen-bond acceptors (Lipinski definition) is 11. The van der Waals surface area contributed by atoms with Crippen molar-refractivity contribution in [1.29, 1.82) is 0 Å². The average molecular weight is 1040 g/mol. The number of benzene rings is 2. The highest BCUT2D eigenvalue weighted by molar-refractivity contribution is 5.98. The van der Waals surface area contributed by atoms with Crippen molar-refractivity contribution in [2.24, 2.45) is 50.5 Å². The number of halogens is 1. The third kappa shape index (κ3) is 17.9. The maximum absolute atomic E-state index is 15.4. The van der Waals surface area contributed by atoms with Crippen LogP contribution in [0.15, 0.2) is 64.7 Å². The third-order valence-corrected chi connectivity index (χ3v) is 13.4. The first-order valence-corrected chi connectivity index (χ1v) is 25.3. The number of nitrogens with two attached hydrogens (primary N) is 5. The zero-order valence-electron chi connectivity index (χ0n) is 42.2. The van der Waals surface area contributed by atoms with Crippen molar-refractivity contribution >= 4 is 75.7 Å². The quantitative estimate of drug-likeness (QED) is 0.0489. The van der Waals surface area contributed by atoms with E-state index < -0.39 is 114 Å². The number of amides is 7. The summed E-state index contributed by atoms with van der Waals surface area (Å²) in [5, 5.41) is 14.3. The van der Waals surface area contributed by atoms with E-state index in [0.29, 0.717) is 12.0 Å². The second-order valence-corrected chi connectivity index (χ2v) is 19.1. The molecule has 0 radical (unpaired) electrons. The fraction of sp³-hybridized carbons (Fsp3) is 0.510. The number of aromatic amines is 1. The topological polar surface area (TPSA) is 388 Å². The summed E-state index contributed by atoms with van der Waals surface area (Å²) in [5.74, 6) is -9.15. The highest BCUT2D eigenvalue weighted by Crippen LogP contribution is 2.27. The summed E-state index contributed by atoms with van der Waals surface area (Å²) in [5.41, 5.74) is 29.4. The molecule has 23 nitrogen and oxygen atoms in total. The van der Waals surface area contributed by atoms with E-state index in [4.69, 9.17) is 28.7 Å². The summed E-state index contributed by atoms with van der Waals surface area (Å²) in [6, 6.07) is 6.66. The first-order chi connectivity index (χ1) is 35.8. The van der Waals surface area contributed by atoms with Gasteiger partial charge in [0.25, 0.3) is 0 Å². The molecule has 3 heterocycles. The van der Waals surface area contributed by atoms with Gasteiger partial charge in [0, 0.05) is 87.7 Å². The van der Waals surface area contributed by atoms with E-state index >= 15 is 4.39 Å². The van der Waals surface area contributed by atoms with E-state index in [1.54, 1.807) is 12.3 Å². The minimum atomic E-state index is -1.43. The zero-order chi connectivity index (χ0) is 54.6. The molecule has 0 saturated carbocycles. The van der Waals surface area contributed by atoms with E-state index in [-0.39, 0.29) is 114 Å². The number of carbonyl (C=O) groups is 9.